The molecule has 0 saturated carbocycles. The maximum atomic E-state index is 6.28. The van der Waals surface area contributed by atoms with Crippen LogP contribution in [0.25, 0.3) is 43.7 Å². The molecule has 0 aliphatic carbocycles. The largest absolute Gasteiger partial charge is 0.456 e. The minimum absolute atomic E-state index is 0.979. The maximum Gasteiger partial charge on any atom is 0.138 e. The number of furan rings is 1. The highest BCUT2D eigenvalue weighted by molar-refractivity contribution is 6.16. The van der Waals surface area contributed by atoms with Gasteiger partial charge in [0.05, 0.1) is 5.52 Å². The molecule has 2 nitrogen and oxygen atoms in total. The summed E-state index contributed by atoms with van der Waals surface area (Å²) in [4.78, 5) is 0. The Morgan fingerprint density at radius 2 is 1.67 bits per heavy atom. The predicted molar refractivity (Wildman–Crippen MR) is 102 cm³/mol. The summed E-state index contributed by atoms with van der Waals surface area (Å²) in [7, 11) is 2.13. The third kappa shape index (κ3) is 1.71. The lowest BCUT2D eigenvalue weighted by atomic mass is 10.0. The Labute approximate surface area is 140 Å². The van der Waals surface area contributed by atoms with E-state index in [0.29, 0.717) is 0 Å². The standard InChI is InChI=1S/C22H19NO/c1-3-7-14-8-6-10-16-18-12-17-15-9-4-5-11-19(15)23(2)20(17)13-21(18)24-22(14)16/h4-6,8-13H,3,7H2,1-2H3. The Morgan fingerprint density at radius 3 is 2.54 bits per heavy atom. The van der Waals surface area contributed by atoms with Crippen molar-refractivity contribution in [1.29, 1.82) is 0 Å². The number of hydrogen-bond acceptors (Lipinski definition) is 1. The van der Waals surface area contributed by atoms with Crippen LogP contribution in [0.2, 0.25) is 0 Å². The van der Waals surface area contributed by atoms with E-state index in [0.717, 1.165) is 24.0 Å². The average molecular weight is 313 g/mol. The second-order valence-corrected chi connectivity index (χ2v) is 6.59. The lowest BCUT2D eigenvalue weighted by Crippen LogP contribution is -1.85. The second-order valence-electron chi connectivity index (χ2n) is 6.59. The summed E-state index contributed by atoms with van der Waals surface area (Å²) in [5.41, 5.74) is 5.82. The highest BCUT2D eigenvalue weighted by Crippen LogP contribution is 2.37. The maximum absolute atomic E-state index is 6.28. The van der Waals surface area contributed by atoms with Crippen LogP contribution >= 0.6 is 0 Å². The molecule has 0 aliphatic rings. The molecule has 2 aromatic heterocycles. The molecule has 2 heterocycles. The number of para-hydroxylation sites is 2. The van der Waals surface area contributed by atoms with Crippen LogP contribution in [-0.2, 0) is 13.5 Å². The normalized spacial score (nSPS) is 12.1. The van der Waals surface area contributed by atoms with Crippen LogP contribution in [0.15, 0.2) is 59.0 Å². The van der Waals surface area contributed by atoms with E-state index in [1.54, 1.807) is 0 Å². The van der Waals surface area contributed by atoms with Gasteiger partial charge in [-0.3, -0.25) is 0 Å². The van der Waals surface area contributed by atoms with Gasteiger partial charge in [0.2, 0.25) is 0 Å². The quantitative estimate of drug-likeness (QED) is 0.380. The van der Waals surface area contributed by atoms with Gasteiger partial charge in [-0.05, 0) is 24.1 Å². The van der Waals surface area contributed by atoms with Crippen molar-refractivity contribution < 1.29 is 4.42 Å². The van der Waals surface area contributed by atoms with Crippen LogP contribution in [0.5, 0.6) is 0 Å². The van der Waals surface area contributed by atoms with Gasteiger partial charge in [-0.15, -0.1) is 0 Å². The van der Waals surface area contributed by atoms with Gasteiger partial charge in [-0.1, -0.05) is 49.7 Å². The summed E-state index contributed by atoms with van der Waals surface area (Å²) in [6.07, 6.45) is 2.18. The first-order chi connectivity index (χ1) is 11.8. The molecule has 0 amide bonds. The van der Waals surface area contributed by atoms with Crippen LogP contribution in [0.3, 0.4) is 0 Å². The fourth-order valence-corrected chi connectivity index (χ4v) is 3.97. The summed E-state index contributed by atoms with van der Waals surface area (Å²) in [6.45, 7) is 2.21. The van der Waals surface area contributed by atoms with Gasteiger partial charge in [-0.25, -0.2) is 0 Å². The van der Waals surface area contributed by atoms with E-state index in [2.05, 4.69) is 73.1 Å². The number of aromatic nitrogens is 1. The zero-order valence-corrected chi connectivity index (χ0v) is 14.0. The van der Waals surface area contributed by atoms with Crippen LogP contribution in [0, 0.1) is 0 Å². The summed E-state index contributed by atoms with van der Waals surface area (Å²) < 4.78 is 8.54. The first-order valence-electron chi connectivity index (χ1n) is 8.59. The topological polar surface area (TPSA) is 18.1 Å². The van der Waals surface area contributed by atoms with Crippen molar-refractivity contribution in [3.8, 4) is 0 Å². The second kappa shape index (κ2) is 4.88. The number of nitrogens with zero attached hydrogens (tertiary/aromatic N) is 1. The van der Waals surface area contributed by atoms with E-state index in [1.165, 1.54) is 38.1 Å². The molecule has 2 heteroatoms. The molecule has 118 valence electrons. The summed E-state index contributed by atoms with van der Waals surface area (Å²) in [6, 6.07) is 19.6. The van der Waals surface area contributed by atoms with Crippen LogP contribution in [0.1, 0.15) is 18.9 Å². The van der Waals surface area contributed by atoms with Gasteiger partial charge in [0.25, 0.3) is 0 Å². The van der Waals surface area contributed by atoms with E-state index in [9.17, 15) is 0 Å². The molecule has 0 unspecified atom stereocenters. The van der Waals surface area contributed by atoms with Crippen molar-refractivity contribution in [2.45, 2.75) is 19.8 Å². The molecule has 5 rings (SSSR count). The monoisotopic (exact) mass is 313 g/mol. The van der Waals surface area contributed by atoms with E-state index in [-0.39, 0.29) is 0 Å². The van der Waals surface area contributed by atoms with E-state index in [4.69, 9.17) is 4.42 Å². The van der Waals surface area contributed by atoms with Crippen LogP contribution < -0.4 is 0 Å². The highest BCUT2D eigenvalue weighted by atomic mass is 16.3. The van der Waals surface area contributed by atoms with Gasteiger partial charge in [0, 0.05) is 40.2 Å². The minimum atomic E-state index is 0.979. The lowest BCUT2D eigenvalue weighted by molar-refractivity contribution is 0.661. The Morgan fingerprint density at radius 1 is 0.833 bits per heavy atom. The molecule has 0 saturated heterocycles. The van der Waals surface area contributed by atoms with E-state index >= 15 is 0 Å². The number of hydrogen-bond donors (Lipinski definition) is 0. The molecule has 0 atom stereocenters. The van der Waals surface area contributed by atoms with Crippen molar-refractivity contribution in [3.63, 3.8) is 0 Å². The SMILES string of the molecule is CCCc1cccc2c1oc1cc3c(cc12)c1ccccc1n3C. The van der Waals surface area contributed by atoms with Crippen LogP contribution in [-0.4, -0.2) is 4.57 Å². The number of aryl methyl sites for hydroxylation is 2. The molecule has 5 aromatic rings. The van der Waals surface area contributed by atoms with Gasteiger partial charge < -0.3 is 8.98 Å². The van der Waals surface area contributed by atoms with Gasteiger partial charge in [0.15, 0.2) is 0 Å². The van der Waals surface area contributed by atoms with E-state index < -0.39 is 0 Å². The predicted octanol–water partition coefficient (Wildman–Crippen LogP) is 6.18. The minimum Gasteiger partial charge on any atom is -0.456 e. The molecule has 0 aliphatic heterocycles. The molecule has 24 heavy (non-hydrogen) atoms. The Balaban J connectivity index is 1.95. The van der Waals surface area contributed by atoms with Crippen LogP contribution in [0.4, 0.5) is 0 Å². The Bertz CT molecular complexity index is 1220. The van der Waals surface area contributed by atoms with Gasteiger partial charge >= 0.3 is 0 Å². The van der Waals surface area contributed by atoms with Crippen molar-refractivity contribution in [3.05, 3.63) is 60.2 Å². The zero-order chi connectivity index (χ0) is 16.3. The summed E-state index contributed by atoms with van der Waals surface area (Å²) in [5, 5.41) is 5.04. The zero-order valence-electron chi connectivity index (χ0n) is 14.0. The van der Waals surface area contributed by atoms with Crippen molar-refractivity contribution >= 4 is 43.7 Å². The number of rotatable bonds is 2. The number of benzene rings is 3. The molecule has 0 N–H and O–H groups in total. The first-order valence-corrected chi connectivity index (χ1v) is 8.59. The molecule has 0 spiro atoms. The summed E-state index contributed by atoms with van der Waals surface area (Å²) in [5.74, 6) is 0. The molecule has 3 aromatic carbocycles. The van der Waals surface area contributed by atoms with Gasteiger partial charge in [0.1, 0.15) is 11.2 Å². The fourth-order valence-electron chi connectivity index (χ4n) is 3.97. The third-order valence-electron chi connectivity index (χ3n) is 5.13. The van der Waals surface area contributed by atoms with Crippen molar-refractivity contribution in [2.24, 2.45) is 7.05 Å². The molecule has 0 bridgehead atoms. The Hall–Kier alpha value is -2.74. The summed E-state index contributed by atoms with van der Waals surface area (Å²) >= 11 is 0. The van der Waals surface area contributed by atoms with Crippen molar-refractivity contribution in [1.82, 2.24) is 4.57 Å². The molecular formula is C22H19NO. The molecule has 0 fully saturated rings. The van der Waals surface area contributed by atoms with Gasteiger partial charge in [-0.2, -0.15) is 0 Å². The van der Waals surface area contributed by atoms with E-state index in [1.807, 2.05) is 0 Å². The number of fused-ring (bicyclic) bond motifs is 6. The van der Waals surface area contributed by atoms with Crippen molar-refractivity contribution in [2.75, 3.05) is 0 Å². The first kappa shape index (κ1) is 13.7. The highest BCUT2D eigenvalue weighted by Gasteiger charge is 2.14. The fraction of sp³-hybridized carbons (Fsp3) is 0.182. The lowest BCUT2D eigenvalue weighted by Gasteiger charge is -1.98. The smallest absolute Gasteiger partial charge is 0.138 e. The Kier molecular flexibility index (Phi) is 2.78. The molecule has 0 radical (unpaired) electrons. The third-order valence-corrected chi connectivity index (χ3v) is 5.13. The average Bonchev–Trinajstić information content (AvgIpc) is 3.11. The molecular weight excluding hydrogens is 294 g/mol.